The van der Waals surface area contributed by atoms with Crippen LogP contribution in [0.1, 0.15) is 32.1 Å². The van der Waals surface area contributed by atoms with Gasteiger partial charge in [0.1, 0.15) is 0 Å². The quantitative estimate of drug-likeness (QED) is 0.512. The molecule has 6 heteroatoms. The Labute approximate surface area is 123 Å². The summed E-state index contributed by atoms with van der Waals surface area (Å²) in [5.41, 5.74) is 0. The molecule has 0 bridgehead atoms. The van der Waals surface area contributed by atoms with E-state index in [1.165, 1.54) is 11.8 Å². The highest BCUT2D eigenvalue weighted by Crippen LogP contribution is 2.15. The number of carboxylic acids is 1. The minimum Gasteiger partial charge on any atom is -0.481 e. The lowest BCUT2D eigenvalue weighted by atomic mass is 10.1. The first-order chi connectivity index (χ1) is 9.68. The predicted octanol–water partition coefficient (Wildman–Crippen LogP) is 2.33. The highest BCUT2D eigenvalue weighted by molar-refractivity contribution is 8.00. The molecule has 2 N–H and O–H groups in total. The molecule has 1 aromatic rings. The first kappa shape index (κ1) is 16.5. The first-order valence-electron chi connectivity index (χ1n) is 6.70. The van der Waals surface area contributed by atoms with E-state index in [4.69, 9.17) is 5.11 Å². The Morgan fingerprint density at radius 1 is 1.15 bits per heavy atom. The highest BCUT2D eigenvalue weighted by atomic mass is 32.2. The van der Waals surface area contributed by atoms with Gasteiger partial charge in [-0.05, 0) is 25.0 Å². The molecule has 110 valence electrons. The van der Waals surface area contributed by atoms with Crippen LogP contribution in [-0.2, 0) is 9.59 Å². The van der Waals surface area contributed by atoms with Crippen LogP contribution in [-0.4, -0.2) is 34.3 Å². The molecule has 1 amide bonds. The zero-order valence-corrected chi connectivity index (χ0v) is 12.2. The number of carboxylic acid groups (broad SMARTS) is 1. The summed E-state index contributed by atoms with van der Waals surface area (Å²) >= 11 is 1.49. The molecule has 20 heavy (non-hydrogen) atoms. The standard InChI is InChI=1S/C14H20N2O3S/c17-13(11-20-12-6-9-15-10-7-12)16-8-4-2-1-3-5-14(18)19/h6-7,9-10H,1-5,8,11H2,(H,16,17)(H,18,19). The van der Waals surface area contributed by atoms with Crippen molar-refractivity contribution in [3.8, 4) is 0 Å². The molecule has 0 saturated heterocycles. The average molecular weight is 296 g/mol. The van der Waals surface area contributed by atoms with Crippen molar-refractivity contribution >= 4 is 23.6 Å². The van der Waals surface area contributed by atoms with Gasteiger partial charge in [-0.2, -0.15) is 0 Å². The van der Waals surface area contributed by atoms with Crippen LogP contribution in [0.15, 0.2) is 29.4 Å². The van der Waals surface area contributed by atoms with Crippen LogP contribution >= 0.6 is 11.8 Å². The number of nitrogens with one attached hydrogen (secondary N) is 1. The summed E-state index contributed by atoms with van der Waals surface area (Å²) in [5, 5.41) is 11.3. The van der Waals surface area contributed by atoms with Gasteiger partial charge in [-0.25, -0.2) is 0 Å². The maximum Gasteiger partial charge on any atom is 0.303 e. The summed E-state index contributed by atoms with van der Waals surface area (Å²) in [6, 6.07) is 3.75. The number of hydrogen-bond acceptors (Lipinski definition) is 4. The lowest BCUT2D eigenvalue weighted by molar-refractivity contribution is -0.137. The van der Waals surface area contributed by atoms with Gasteiger partial charge in [0.25, 0.3) is 0 Å². The van der Waals surface area contributed by atoms with Crippen molar-refractivity contribution in [3.63, 3.8) is 0 Å². The van der Waals surface area contributed by atoms with Gasteiger partial charge in [0.2, 0.25) is 5.91 Å². The SMILES string of the molecule is O=C(O)CCCCCCNC(=O)CSc1ccncc1. The minimum atomic E-state index is -0.744. The van der Waals surface area contributed by atoms with Gasteiger partial charge in [-0.15, -0.1) is 11.8 Å². The van der Waals surface area contributed by atoms with Crippen LogP contribution in [0.4, 0.5) is 0 Å². The Balaban J connectivity index is 1.96. The fraction of sp³-hybridized carbons (Fsp3) is 0.500. The number of nitrogens with zero attached hydrogens (tertiary/aromatic N) is 1. The molecule has 0 fully saturated rings. The molecule has 0 saturated carbocycles. The van der Waals surface area contributed by atoms with Crippen molar-refractivity contribution in [1.82, 2.24) is 10.3 Å². The Hall–Kier alpha value is -1.56. The maximum atomic E-state index is 11.6. The summed E-state index contributed by atoms with van der Waals surface area (Å²) < 4.78 is 0. The van der Waals surface area contributed by atoms with Crippen LogP contribution in [0, 0.1) is 0 Å². The molecule has 0 aliphatic heterocycles. The van der Waals surface area contributed by atoms with Crippen molar-refractivity contribution in [2.75, 3.05) is 12.3 Å². The fourth-order valence-electron chi connectivity index (χ4n) is 1.62. The van der Waals surface area contributed by atoms with Gasteiger partial charge >= 0.3 is 5.97 Å². The molecule has 0 atom stereocenters. The molecule has 0 unspecified atom stereocenters. The van der Waals surface area contributed by atoms with E-state index in [1.54, 1.807) is 12.4 Å². The number of rotatable bonds is 10. The number of unbranched alkanes of at least 4 members (excludes halogenated alkanes) is 3. The number of carbonyl (C=O) groups excluding carboxylic acids is 1. The Bertz CT molecular complexity index is 412. The van der Waals surface area contributed by atoms with Crippen molar-refractivity contribution in [2.45, 2.75) is 37.0 Å². The Morgan fingerprint density at radius 3 is 2.55 bits per heavy atom. The fourth-order valence-corrected chi connectivity index (χ4v) is 2.33. The van der Waals surface area contributed by atoms with Gasteiger partial charge in [-0.3, -0.25) is 14.6 Å². The van der Waals surface area contributed by atoms with E-state index in [0.717, 1.165) is 24.2 Å². The van der Waals surface area contributed by atoms with Crippen molar-refractivity contribution in [2.24, 2.45) is 0 Å². The summed E-state index contributed by atoms with van der Waals surface area (Å²) in [6.07, 6.45) is 7.09. The molecule has 0 spiro atoms. The normalized spacial score (nSPS) is 10.2. The zero-order chi connectivity index (χ0) is 14.6. The largest absolute Gasteiger partial charge is 0.481 e. The second kappa shape index (κ2) is 10.3. The lowest BCUT2D eigenvalue weighted by Gasteiger charge is -2.05. The van der Waals surface area contributed by atoms with Crippen LogP contribution in [0.2, 0.25) is 0 Å². The zero-order valence-electron chi connectivity index (χ0n) is 11.4. The van der Waals surface area contributed by atoms with Gasteiger partial charge in [-0.1, -0.05) is 12.8 Å². The van der Waals surface area contributed by atoms with Crippen molar-refractivity contribution < 1.29 is 14.7 Å². The smallest absolute Gasteiger partial charge is 0.303 e. The molecule has 1 aromatic heterocycles. The van der Waals surface area contributed by atoms with E-state index in [-0.39, 0.29) is 12.3 Å². The van der Waals surface area contributed by atoms with Gasteiger partial charge in [0.15, 0.2) is 0 Å². The highest BCUT2D eigenvalue weighted by Gasteiger charge is 2.02. The van der Waals surface area contributed by atoms with Crippen LogP contribution in [0.5, 0.6) is 0 Å². The monoisotopic (exact) mass is 296 g/mol. The lowest BCUT2D eigenvalue weighted by Crippen LogP contribution is -2.26. The maximum absolute atomic E-state index is 11.6. The summed E-state index contributed by atoms with van der Waals surface area (Å²) in [6.45, 7) is 0.656. The molecular formula is C14H20N2O3S. The second-order valence-electron chi connectivity index (χ2n) is 4.38. The predicted molar refractivity (Wildman–Crippen MR) is 78.7 cm³/mol. The number of aliphatic carboxylic acids is 1. The molecule has 0 aromatic carbocycles. The Morgan fingerprint density at radius 2 is 1.85 bits per heavy atom. The molecular weight excluding hydrogens is 276 g/mol. The summed E-state index contributed by atoms with van der Waals surface area (Å²) in [7, 11) is 0. The summed E-state index contributed by atoms with van der Waals surface area (Å²) in [5.74, 6) is -0.313. The molecule has 0 radical (unpaired) electrons. The third kappa shape index (κ3) is 8.53. The number of aromatic nitrogens is 1. The van der Waals surface area contributed by atoms with Crippen LogP contribution < -0.4 is 5.32 Å². The second-order valence-corrected chi connectivity index (χ2v) is 5.43. The Kier molecular flexibility index (Phi) is 8.46. The number of pyridine rings is 1. The van der Waals surface area contributed by atoms with Crippen molar-refractivity contribution in [3.05, 3.63) is 24.5 Å². The topological polar surface area (TPSA) is 79.3 Å². The van der Waals surface area contributed by atoms with E-state index in [9.17, 15) is 9.59 Å². The molecule has 1 heterocycles. The molecule has 0 aliphatic carbocycles. The van der Waals surface area contributed by atoms with E-state index in [1.807, 2.05) is 12.1 Å². The van der Waals surface area contributed by atoms with Gasteiger partial charge < -0.3 is 10.4 Å². The molecule has 5 nitrogen and oxygen atoms in total. The van der Waals surface area contributed by atoms with E-state index >= 15 is 0 Å². The molecule has 0 aliphatic rings. The number of carbonyl (C=O) groups is 2. The van der Waals surface area contributed by atoms with Crippen molar-refractivity contribution in [1.29, 1.82) is 0 Å². The third-order valence-electron chi connectivity index (χ3n) is 2.66. The van der Waals surface area contributed by atoms with Crippen LogP contribution in [0.3, 0.4) is 0 Å². The van der Waals surface area contributed by atoms with Crippen LogP contribution in [0.25, 0.3) is 0 Å². The van der Waals surface area contributed by atoms with E-state index in [2.05, 4.69) is 10.3 Å². The van der Waals surface area contributed by atoms with E-state index in [0.29, 0.717) is 18.7 Å². The third-order valence-corrected chi connectivity index (χ3v) is 3.67. The number of amides is 1. The van der Waals surface area contributed by atoms with E-state index < -0.39 is 5.97 Å². The molecule has 1 rings (SSSR count). The minimum absolute atomic E-state index is 0.0253. The van der Waals surface area contributed by atoms with Gasteiger partial charge in [0, 0.05) is 30.3 Å². The summed E-state index contributed by atoms with van der Waals surface area (Å²) in [4.78, 5) is 26.8. The average Bonchev–Trinajstić information content (AvgIpc) is 2.45. The first-order valence-corrected chi connectivity index (χ1v) is 7.68. The van der Waals surface area contributed by atoms with Gasteiger partial charge in [0.05, 0.1) is 5.75 Å². The number of thioether (sulfide) groups is 1. The number of hydrogen-bond donors (Lipinski definition) is 2.